The highest BCUT2D eigenvalue weighted by molar-refractivity contribution is 5.87. The fraction of sp³-hybridized carbons (Fsp3) is 0.455. The van der Waals surface area contributed by atoms with Crippen LogP contribution in [0.25, 0.3) is 0 Å². The highest BCUT2D eigenvalue weighted by atomic mass is 14.9. The van der Waals surface area contributed by atoms with Gasteiger partial charge in [-0.15, -0.1) is 0 Å². The molecule has 1 rings (SSSR count). The van der Waals surface area contributed by atoms with E-state index in [-0.39, 0.29) is 5.41 Å². The van der Waals surface area contributed by atoms with Crippen molar-refractivity contribution in [1.29, 1.82) is 0 Å². The van der Waals surface area contributed by atoms with Crippen molar-refractivity contribution in [1.82, 2.24) is 4.98 Å². The number of hydrogen-bond acceptors (Lipinski definition) is 2. The second kappa shape index (κ2) is 3.78. The molecule has 0 bridgehead atoms. The summed E-state index contributed by atoms with van der Waals surface area (Å²) in [5, 5.41) is 0. The van der Waals surface area contributed by atoms with Crippen LogP contribution in [0.15, 0.2) is 23.3 Å². The predicted molar refractivity (Wildman–Crippen MR) is 59.7 cm³/mol. The molecule has 3 nitrogen and oxygen atoms in total. The summed E-state index contributed by atoms with van der Waals surface area (Å²) in [5.41, 5.74) is 7.54. The predicted octanol–water partition coefficient (Wildman–Crippen LogP) is 2.42. The van der Waals surface area contributed by atoms with Crippen LogP contribution >= 0.6 is 0 Å². The SMILES string of the molecule is Cc1ccc(N=C(N)C(C)(C)C)cn1. The van der Waals surface area contributed by atoms with Crippen molar-refractivity contribution in [3.05, 3.63) is 24.0 Å². The Kier molecular flexibility index (Phi) is 2.89. The molecular formula is C11H17N3. The van der Waals surface area contributed by atoms with Gasteiger partial charge in [0, 0.05) is 11.1 Å². The largest absolute Gasteiger partial charge is 0.387 e. The number of aryl methyl sites for hydroxylation is 1. The first-order valence-electron chi connectivity index (χ1n) is 4.67. The van der Waals surface area contributed by atoms with E-state index in [0.717, 1.165) is 11.4 Å². The molecule has 0 saturated carbocycles. The van der Waals surface area contributed by atoms with Crippen molar-refractivity contribution in [3.63, 3.8) is 0 Å². The molecule has 0 saturated heterocycles. The molecule has 3 heteroatoms. The maximum absolute atomic E-state index is 5.84. The first-order valence-corrected chi connectivity index (χ1v) is 4.67. The Balaban J connectivity index is 2.93. The van der Waals surface area contributed by atoms with Crippen LogP contribution < -0.4 is 5.73 Å². The Hall–Kier alpha value is -1.38. The average molecular weight is 191 g/mol. The Bertz CT molecular complexity index is 331. The number of amidine groups is 1. The molecule has 0 aromatic carbocycles. The number of nitrogens with zero attached hydrogens (tertiary/aromatic N) is 2. The molecule has 1 aromatic rings. The quantitative estimate of drug-likeness (QED) is 0.547. The van der Waals surface area contributed by atoms with E-state index in [9.17, 15) is 0 Å². The number of aromatic nitrogens is 1. The molecule has 1 aromatic heterocycles. The van der Waals surface area contributed by atoms with Crippen molar-refractivity contribution >= 4 is 11.5 Å². The van der Waals surface area contributed by atoms with Crippen LogP contribution in [-0.4, -0.2) is 10.8 Å². The van der Waals surface area contributed by atoms with Gasteiger partial charge in [0.05, 0.1) is 11.9 Å². The molecule has 0 amide bonds. The average Bonchev–Trinajstić information content (AvgIpc) is 2.07. The second-order valence-corrected chi connectivity index (χ2v) is 4.40. The van der Waals surface area contributed by atoms with Crippen molar-refractivity contribution in [3.8, 4) is 0 Å². The van der Waals surface area contributed by atoms with Gasteiger partial charge >= 0.3 is 0 Å². The van der Waals surface area contributed by atoms with Crippen LogP contribution in [0.1, 0.15) is 26.5 Å². The van der Waals surface area contributed by atoms with Crippen LogP contribution in [-0.2, 0) is 0 Å². The molecule has 0 aliphatic rings. The molecule has 0 atom stereocenters. The Morgan fingerprint density at radius 1 is 1.36 bits per heavy atom. The van der Waals surface area contributed by atoms with Gasteiger partial charge in [0.2, 0.25) is 0 Å². The van der Waals surface area contributed by atoms with Crippen LogP contribution in [0.3, 0.4) is 0 Å². The number of aliphatic imine (C=N–C) groups is 1. The van der Waals surface area contributed by atoms with Gasteiger partial charge in [0.15, 0.2) is 0 Å². The van der Waals surface area contributed by atoms with E-state index in [0.29, 0.717) is 5.84 Å². The van der Waals surface area contributed by atoms with Gasteiger partial charge in [-0.1, -0.05) is 20.8 Å². The normalized spacial score (nSPS) is 13.0. The van der Waals surface area contributed by atoms with Gasteiger partial charge in [0.25, 0.3) is 0 Å². The number of hydrogen-bond donors (Lipinski definition) is 1. The zero-order valence-corrected chi connectivity index (χ0v) is 9.20. The van der Waals surface area contributed by atoms with E-state index < -0.39 is 0 Å². The first kappa shape index (κ1) is 10.7. The van der Waals surface area contributed by atoms with E-state index in [2.05, 4.69) is 9.98 Å². The maximum Gasteiger partial charge on any atom is 0.105 e. The van der Waals surface area contributed by atoms with Gasteiger partial charge in [-0.25, -0.2) is 4.99 Å². The monoisotopic (exact) mass is 191 g/mol. The third-order valence-corrected chi connectivity index (χ3v) is 1.91. The van der Waals surface area contributed by atoms with E-state index in [4.69, 9.17) is 5.73 Å². The molecule has 14 heavy (non-hydrogen) atoms. The van der Waals surface area contributed by atoms with Gasteiger partial charge in [-0.2, -0.15) is 0 Å². The number of rotatable bonds is 1. The number of nitrogens with two attached hydrogens (primary N) is 1. The molecule has 76 valence electrons. The topological polar surface area (TPSA) is 51.3 Å². The minimum absolute atomic E-state index is 0.0924. The van der Waals surface area contributed by atoms with Crippen LogP contribution in [0.4, 0.5) is 5.69 Å². The first-order chi connectivity index (χ1) is 6.39. The van der Waals surface area contributed by atoms with Crippen molar-refractivity contribution < 1.29 is 0 Å². The van der Waals surface area contributed by atoms with Gasteiger partial charge in [-0.3, -0.25) is 4.98 Å². The third kappa shape index (κ3) is 2.83. The van der Waals surface area contributed by atoms with Crippen LogP contribution in [0, 0.1) is 12.3 Å². The molecule has 0 radical (unpaired) electrons. The summed E-state index contributed by atoms with van der Waals surface area (Å²) in [6.45, 7) is 8.05. The molecule has 0 unspecified atom stereocenters. The molecule has 0 fully saturated rings. The fourth-order valence-corrected chi connectivity index (χ4v) is 0.833. The van der Waals surface area contributed by atoms with Crippen LogP contribution in [0.5, 0.6) is 0 Å². The minimum atomic E-state index is -0.0924. The smallest absolute Gasteiger partial charge is 0.105 e. The summed E-state index contributed by atoms with van der Waals surface area (Å²) in [7, 11) is 0. The number of pyridine rings is 1. The van der Waals surface area contributed by atoms with E-state index in [1.54, 1.807) is 6.20 Å². The van der Waals surface area contributed by atoms with Crippen molar-refractivity contribution in [2.45, 2.75) is 27.7 Å². The minimum Gasteiger partial charge on any atom is -0.387 e. The van der Waals surface area contributed by atoms with E-state index >= 15 is 0 Å². The second-order valence-electron chi connectivity index (χ2n) is 4.40. The third-order valence-electron chi connectivity index (χ3n) is 1.91. The zero-order valence-electron chi connectivity index (χ0n) is 9.20. The molecule has 0 aliphatic carbocycles. The summed E-state index contributed by atoms with van der Waals surface area (Å²) in [6, 6.07) is 3.84. The highest BCUT2D eigenvalue weighted by Gasteiger charge is 2.15. The van der Waals surface area contributed by atoms with Crippen molar-refractivity contribution in [2.75, 3.05) is 0 Å². The summed E-state index contributed by atoms with van der Waals surface area (Å²) >= 11 is 0. The Morgan fingerprint density at radius 3 is 2.43 bits per heavy atom. The van der Waals surface area contributed by atoms with Crippen LogP contribution in [0.2, 0.25) is 0 Å². The highest BCUT2D eigenvalue weighted by Crippen LogP contribution is 2.17. The Morgan fingerprint density at radius 2 is 2.00 bits per heavy atom. The molecule has 0 aliphatic heterocycles. The lowest BCUT2D eigenvalue weighted by Crippen LogP contribution is -2.28. The lowest BCUT2D eigenvalue weighted by molar-refractivity contribution is 0.585. The van der Waals surface area contributed by atoms with E-state index in [1.165, 1.54) is 0 Å². The molecular weight excluding hydrogens is 174 g/mol. The zero-order chi connectivity index (χ0) is 10.8. The molecule has 1 heterocycles. The Labute approximate surface area is 85.1 Å². The molecule has 2 N–H and O–H groups in total. The maximum atomic E-state index is 5.84. The summed E-state index contributed by atoms with van der Waals surface area (Å²) in [5.74, 6) is 0.628. The standard InChI is InChI=1S/C11H17N3/c1-8-5-6-9(7-13-8)14-10(12)11(2,3)4/h5-7H,1-4H3,(H2,12,14). The van der Waals surface area contributed by atoms with Gasteiger partial charge in [0.1, 0.15) is 5.84 Å². The van der Waals surface area contributed by atoms with E-state index in [1.807, 2.05) is 39.8 Å². The van der Waals surface area contributed by atoms with Gasteiger partial charge in [-0.05, 0) is 19.1 Å². The fourth-order valence-electron chi connectivity index (χ4n) is 0.833. The lowest BCUT2D eigenvalue weighted by Gasteiger charge is -2.17. The molecule has 0 spiro atoms. The van der Waals surface area contributed by atoms with Crippen molar-refractivity contribution in [2.24, 2.45) is 16.1 Å². The summed E-state index contributed by atoms with van der Waals surface area (Å²) in [6.07, 6.45) is 1.73. The summed E-state index contributed by atoms with van der Waals surface area (Å²) < 4.78 is 0. The summed E-state index contributed by atoms with van der Waals surface area (Å²) in [4.78, 5) is 8.45. The van der Waals surface area contributed by atoms with Gasteiger partial charge < -0.3 is 5.73 Å². The lowest BCUT2D eigenvalue weighted by atomic mass is 9.95.